The number of anilines is 1. The van der Waals surface area contributed by atoms with Crippen molar-refractivity contribution < 1.29 is 14.4 Å². The van der Waals surface area contributed by atoms with E-state index in [1.807, 2.05) is 65.6 Å². The highest BCUT2D eigenvalue weighted by atomic mass is 16.2. The fourth-order valence-electron chi connectivity index (χ4n) is 6.76. The third-order valence-corrected chi connectivity index (χ3v) is 9.88. The lowest BCUT2D eigenvalue weighted by molar-refractivity contribution is -0.129. The molecule has 1 atom stereocenters. The van der Waals surface area contributed by atoms with E-state index in [9.17, 15) is 14.4 Å². The van der Waals surface area contributed by atoms with Gasteiger partial charge in [-0.05, 0) is 110 Å². The monoisotopic (exact) mass is 648 g/mol. The lowest BCUT2D eigenvalue weighted by Crippen LogP contribution is -2.47. The normalized spacial score (nSPS) is 19.1. The molecule has 0 bridgehead atoms. The molecule has 4 N–H and O–H groups in total. The smallest absolute Gasteiger partial charge is 0.253 e. The van der Waals surface area contributed by atoms with Crippen molar-refractivity contribution in [3.8, 4) is 22.5 Å². The number of likely N-dealkylation sites (N-methyl/N-ethyl adjacent to an activating group) is 1. The van der Waals surface area contributed by atoms with Gasteiger partial charge in [0.1, 0.15) is 5.78 Å². The zero-order valence-corrected chi connectivity index (χ0v) is 27.5. The fourth-order valence-corrected chi connectivity index (χ4v) is 6.76. The molecule has 250 valence electrons. The van der Waals surface area contributed by atoms with Gasteiger partial charge in [0.2, 0.25) is 11.7 Å². The molecule has 11 heteroatoms. The summed E-state index contributed by atoms with van der Waals surface area (Å²) in [5.74, 6) is 0.408. The molecule has 48 heavy (non-hydrogen) atoms. The quantitative estimate of drug-likeness (QED) is 0.216. The van der Waals surface area contributed by atoms with Crippen LogP contribution in [0, 0.1) is 17.8 Å². The van der Waals surface area contributed by atoms with Crippen LogP contribution in [0.25, 0.3) is 22.5 Å². The number of nitrogens with two attached hydrogens (primary N) is 1. The summed E-state index contributed by atoms with van der Waals surface area (Å²) in [6.45, 7) is 3.86. The second-order valence-electron chi connectivity index (χ2n) is 13.2. The lowest BCUT2D eigenvalue weighted by atomic mass is 9.77. The number of piperazine rings is 1. The Bertz CT molecular complexity index is 1670. The summed E-state index contributed by atoms with van der Waals surface area (Å²) in [5.41, 5.74) is 10.9. The van der Waals surface area contributed by atoms with Crippen LogP contribution in [0.5, 0.6) is 0 Å². The first-order valence-corrected chi connectivity index (χ1v) is 16.9. The van der Waals surface area contributed by atoms with Gasteiger partial charge in [0, 0.05) is 61.2 Å². The summed E-state index contributed by atoms with van der Waals surface area (Å²) >= 11 is 0. The number of amides is 2. The van der Waals surface area contributed by atoms with Gasteiger partial charge in [-0.3, -0.25) is 14.4 Å². The van der Waals surface area contributed by atoms with E-state index in [1.165, 1.54) is 0 Å². The molecule has 2 fully saturated rings. The molecule has 11 nitrogen and oxygen atoms in total. The van der Waals surface area contributed by atoms with Crippen LogP contribution >= 0.6 is 0 Å². The minimum atomic E-state index is -0.531. The Morgan fingerprint density at radius 1 is 0.896 bits per heavy atom. The molecular weight excluding hydrogens is 604 g/mol. The molecule has 2 aliphatic rings. The van der Waals surface area contributed by atoms with Crippen LogP contribution in [0.3, 0.4) is 0 Å². The molecule has 0 spiro atoms. The standard InChI is InChI=1S/C37H44N8O3/c1-44-17-19-45(20-18-44)37(48)31-4-2-3-30(22-31)27-9-5-25(6-10-27)21-32(23-34(46)28-11-7-26(24-38)8-12-28)36(47)39-33-15-13-29(14-16-33)35-40-42-43-41-35/h2-6,9-10,13-16,22,26,28,32H,7-8,11-12,17-21,23-24,38H2,1H3,(H,39,47)(H,40,41,42,43)/t26?,28?,32-/m1/s1. The number of carbonyl (C=O) groups is 3. The topological polar surface area (TPSA) is 150 Å². The summed E-state index contributed by atoms with van der Waals surface area (Å²) < 4.78 is 0. The van der Waals surface area contributed by atoms with Gasteiger partial charge in [0.25, 0.3) is 5.91 Å². The van der Waals surface area contributed by atoms with Gasteiger partial charge >= 0.3 is 0 Å². The summed E-state index contributed by atoms with van der Waals surface area (Å²) in [6, 6.07) is 23.1. The number of tetrazole rings is 1. The van der Waals surface area contributed by atoms with Gasteiger partial charge < -0.3 is 20.9 Å². The first kappa shape index (κ1) is 33.2. The summed E-state index contributed by atoms with van der Waals surface area (Å²) in [4.78, 5) is 44.6. The van der Waals surface area contributed by atoms with Gasteiger partial charge in [-0.25, -0.2) is 0 Å². The van der Waals surface area contributed by atoms with E-state index in [-0.39, 0.29) is 29.9 Å². The molecule has 3 aromatic carbocycles. The van der Waals surface area contributed by atoms with Gasteiger partial charge in [-0.1, -0.05) is 36.4 Å². The molecule has 1 aromatic heterocycles. The fraction of sp³-hybridized carbons (Fsp3) is 0.405. The van der Waals surface area contributed by atoms with Gasteiger partial charge in [-0.15, -0.1) is 10.2 Å². The Morgan fingerprint density at radius 2 is 1.60 bits per heavy atom. The largest absolute Gasteiger partial charge is 0.336 e. The van der Waals surface area contributed by atoms with Gasteiger partial charge in [0.05, 0.1) is 0 Å². The molecule has 1 aliphatic heterocycles. The Kier molecular flexibility index (Phi) is 10.7. The lowest BCUT2D eigenvalue weighted by Gasteiger charge is -2.32. The molecule has 1 saturated heterocycles. The Balaban J connectivity index is 1.15. The molecule has 2 amide bonds. The third kappa shape index (κ3) is 8.21. The Morgan fingerprint density at radius 3 is 2.27 bits per heavy atom. The maximum atomic E-state index is 13.7. The summed E-state index contributed by atoms with van der Waals surface area (Å²) in [6.07, 6.45) is 4.19. The van der Waals surface area contributed by atoms with Crippen LogP contribution in [0.2, 0.25) is 0 Å². The minimum absolute atomic E-state index is 0.0273. The number of nitrogens with zero attached hydrogens (tertiary/aromatic N) is 5. The van der Waals surface area contributed by atoms with Crippen molar-refractivity contribution in [3.05, 3.63) is 83.9 Å². The number of hydrogen-bond acceptors (Lipinski definition) is 8. The highest BCUT2D eigenvalue weighted by Crippen LogP contribution is 2.31. The Labute approximate surface area is 281 Å². The predicted octanol–water partition coefficient (Wildman–Crippen LogP) is 4.44. The van der Waals surface area contributed by atoms with Crippen LogP contribution in [-0.4, -0.2) is 87.8 Å². The van der Waals surface area contributed by atoms with E-state index in [1.54, 1.807) is 12.1 Å². The summed E-state index contributed by atoms with van der Waals surface area (Å²) in [7, 11) is 2.07. The van der Waals surface area contributed by atoms with Crippen molar-refractivity contribution >= 4 is 23.3 Å². The zero-order chi connectivity index (χ0) is 33.5. The Hall–Kier alpha value is -4.74. The molecule has 0 radical (unpaired) electrons. The van der Waals surface area contributed by atoms with E-state index in [0.29, 0.717) is 36.0 Å². The zero-order valence-electron chi connectivity index (χ0n) is 27.5. The minimum Gasteiger partial charge on any atom is -0.336 e. The third-order valence-electron chi connectivity index (χ3n) is 9.88. The van der Waals surface area contributed by atoms with Crippen molar-refractivity contribution in [3.63, 3.8) is 0 Å². The first-order chi connectivity index (χ1) is 23.4. The molecule has 6 rings (SSSR count). The van der Waals surface area contributed by atoms with Crippen molar-refractivity contribution in [1.82, 2.24) is 30.4 Å². The number of aromatic amines is 1. The number of carbonyl (C=O) groups excluding carboxylic acids is 3. The summed E-state index contributed by atoms with van der Waals surface area (Å²) in [5, 5.41) is 17.1. The maximum absolute atomic E-state index is 13.7. The number of Topliss-reactive ketones (excluding diaryl/α,β-unsaturated/α-hetero) is 1. The SMILES string of the molecule is CN1CCN(C(=O)c2cccc(-c3ccc(C[C@H](CC(=O)C4CCC(CN)CC4)C(=O)Nc4ccc(-c5nn[nH]n5)cc4)cc3)c2)CC1. The van der Waals surface area contributed by atoms with Crippen molar-refractivity contribution in [2.45, 2.75) is 38.5 Å². The number of benzene rings is 3. The van der Waals surface area contributed by atoms with Crippen molar-refractivity contribution in [2.75, 3.05) is 45.1 Å². The predicted molar refractivity (Wildman–Crippen MR) is 185 cm³/mol. The van der Waals surface area contributed by atoms with E-state index in [2.05, 4.69) is 37.9 Å². The molecular formula is C37H44N8O3. The molecule has 1 aliphatic carbocycles. The molecule has 2 heterocycles. The van der Waals surface area contributed by atoms with E-state index in [4.69, 9.17) is 5.73 Å². The second kappa shape index (κ2) is 15.4. The van der Waals surface area contributed by atoms with Crippen LogP contribution in [0.1, 0.15) is 48.0 Å². The molecule has 0 unspecified atom stereocenters. The van der Waals surface area contributed by atoms with Crippen LogP contribution in [-0.2, 0) is 16.0 Å². The molecule has 4 aromatic rings. The maximum Gasteiger partial charge on any atom is 0.253 e. The van der Waals surface area contributed by atoms with E-state index < -0.39 is 5.92 Å². The van der Waals surface area contributed by atoms with Crippen molar-refractivity contribution in [1.29, 1.82) is 0 Å². The number of hydrogen-bond donors (Lipinski definition) is 3. The molecule has 1 saturated carbocycles. The average molecular weight is 649 g/mol. The number of rotatable bonds is 11. The number of ketones is 1. The van der Waals surface area contributed by atoms with Crippen LogP contribution in [0.4, 0.5) is 5.69 Å². The highest BCUT2D eigenvalue weighted by molar-refractivity contribution is 5.97. The van der Waals surface area contributed by atoms with Crippen molar-refractivity contribution in [2.24, 2.45) is 23.5 Å². The van der Waals surface area contributed by atoms with Crippen LogP contribution in [0.15, 0.2) is 72.8 Å². The first-order valence-electron chi connectivity index (χ1n) is 16.9. The number of nitrogens with one attached hydrogen (secondary N) is 2. The van der Waals surface area contributed by atoms with E-state index >= 15 is 0 Å². The number of H-pyrrole nitrogens is 1. The van der Waals surface area contributed by atoms with E-state index in [0.717, 1.165) is 74.1 Å². The van der Waals surface area contributed by atoms with Crippen LogP contribution < -0.4 is 11.1 Å². The van der Waals surface area contributed by atoms with Gasteiger partial charge in [0.15, 0.2) is 0 Å². The highest BCUT2D eigenvalue weighted by Gasteiger charge is 2.30. The number of aromatic nitrogens is 4. The van der Waals surface area contributed by atoms with Gasteiger partial charge in [-0.2, -0.15) is 5.21 Å². The second-order valence-corrected chi connectivity index (χ2v) is 13.2. The average Bonchev–Trinajstić information content (AvgIpc) is 3.67.